The number of fused-ring (bicyclic) bond motifs is 1. The third-order valence-corrected chi connectivity index (χ3v) is 6.33. The van der Waals surface area contributed by atoms with E-state index in [2.05, 4.69) is 16.3 Å². The molecule has 7 heteroatoms. The maximum Gasteiger partial charge on any atom is 0.289 e. The van der Waals surface area contributed by atoms with Gasteiger partial charge in [-0.05, 0) is 40.6 Å². The van der Waals surface area contributed by atoms with E-state index in [1.807, 2.05) is 66.7 Å². The largest absolute Gasteiger partial charge is 0.486 e. The first-order valence-corrected chi connectivity index (χ1v) is 12.2. The van der Waals surface area contributed by atoms with E-state index in [0.29, 0.717) is 50.8 Å². The van der Waals surface area contributed by atoms with E-state index in [1.165, 1.54) is 0 Å². The fraction of sp³-hybridized carbons (Fsp3) is 0.241. The highest BCUT2D eigenvalue weighted by Gasteiger charge is 2.25. The van der Waals surface area contributed by atoms with Crippen LogP contribution in [0.15, 0.2) is 89.3 Å². The molecule has 0 unspecified atom stereocenters. The van der Waals surface area contributed by atoms with E-state index >= 15 is 0 Å². The molecule has 4 aromatic rings. The number of hydrogen-bond acceptors (Lipinski definition) is 5. The lowest BCUT2D eigenvalue weighted by Crippen LogP contribution is -2.51. The normalized spacial score (nSPS) is 14.1. The summed E-state index contributed by atoms with van der Waals surface area (Å²) in [5.74, 6) is 1.50. The summed E-state index contributed by atoms with van der Waals surface area (Å²) in [5, 5.41) is 5.22. The Bertz CT molecular complexity index is 1330. The van der Waals surface area contributed by atoms with E-state index in [9.17, 15) is 9.59 Å². The van der Waals surface area contributed by atoms with Crippen molar-refractivity contribution in [1.29, 1.82) is 0 Å². The van der Waals surface area contributed by atoms with Gasteiger partial charge in [-0.2, -0.15) is 0 Å². The van der Waals surface area contributed by atoms with Gasteiger partial charge in [0.1, 0.15) is 18.1 Å². The molecule has 0 atom stereocenters. The van der Waals surface area contributed by atoms with Gasteiger partial charge in [-0.15, -0.1) is 0 Å². The molecule has 36 heavy (non-hydrogen) atoms. The molecule has 1 N–H and O–H groups in total. The zero-order chi connectivity index (χ0) is 24.7. The second-order valence-electron chi connectivity index (χ2n) is 8.89. The van der Waals surface area contributed by atoms with Gasteiger partial charge in [-0.1, -0.05) is 60.7 Å². The van der Waals surface area contributed by atoms with Crippen molar-refractivity contribution in [1.82, 2.24) is 15.1 Å². The summed E-state index contributed by atoms with van der Waals surface area (Å²) in [7, 11) is 0. The molecule has 1 aromatic heterocycles. The van der Waals surface area contributed by atoms with Crippen LogP contribution in [0.2, 0.25) is 0 Å². The van der Waals surface area contributed by atoms with Gasteiger partial charge < -0.3 is 19.4 Å². The summed E-state index contributed by atoms with van der Waals surface area (Å²) in [4.78, 5) is 29.0. The molecule has 1 aliphatic heterocycles. The molecular formula is C29H29N3O4. The minimum atomic E-state index is -0.139. The van der Waals surface area contributed by atoms with Gasteiger partial charge in [0.15, 0.2) is 5.76 Å². The van der Waals surface area contributed by atoms with Crippen LogP contribution in [0.25, 0.3) is 10.8 Å². The molecule has 7 nitrogen and oxygen atoms in total. The second-order valence-corrected chi connectivity index (χ2v) is 8.89. The standard InChI is InChI=1S/C29H29N3O4/c33-28(30-19-22-6-2-1-3-7-22)20-31-14-16-32(17-15-31)29(34)27-13-12-26(36-27)21-35-25-11-10-23-8-4-5-9-24(23)18-25/h1-13,18H,14-17,19-21H2,(H,30,33). The molecule has 2 amide bonds. The highest BCUT2D eigenvalue weighted by atomic mass is 16.5. The lowest BCUT2D eigenvalue weighted by molar-refractivity contribution is -0.122. The van der Waals surface area contributed by atoms with Crippen molar-refractivity contribution in [2.24, 2.45) is 0 Å². The predicted molar refractivity (Wildman–Crippen MR) is 138 cm³/mol. The zero-order valence-electron chi connectivity index (χ0n) is 20.1. The zero-order valence-corrected chi connectivity index (χ0v) is 20.1. The molecule has 0 bridgehead atoms. The average molecular weight is 484 g/mol. The third kappa shape index (κ3) is 5.93. The van der Waals surface area contributed by atoms with Crippen LogP contribution in [0.4, 0.5) is 0 Å². The Morgan fingerprint density at radius 2 is 1.58 bits per heavy atom. The highest BCUT2D eigenvalue weighted by Crippen LogP contribution is 2.22. The molecule has 5 rings (SSSR count). The topological polar surface area (TPSA) is 75.0 Å². The number of furan rings is 1. The molecule has 1 aliphatic rings. The van der Waals surface area contributed by atoms with Crippen molar-refractivity contribution in [3.63, 3.8) is 0 Å². The Kier molecular flexibility index (Phi) is 7.28. The molecule has 0 saturated carbocycles. The average Bonchev–Trinajstić information content (AvgIpc) is 3.40. The van der Waals surface area contributed by atoms with Crippen LogP contribution in [0, 0.1) is 0 Å². The van der Waals surface area contributed by atoms with Crippen molar-refractivity contribution in [3.8, 4) is 5.75 Å². The van der Waals surface area contributed by atoms with Gasteiger partial charge in [0.2, 0.25) is 5.91 Å². The van der Waals surface area contributed by atoms with E-state index in [4.69, 9.17) is 9.15 Å². The van der Waals surface area contributed by atoms with Crippen LogP contribution in [-0.2, 0) is 17.9 Å². The Labute approximate surface area is 210 Å². The molecule has 0 radical (unpaired) electrons. The minimum Gasteiger partial charge on any atom is -0.486 e. The quantitative estimate of drug-likeness (QED) is 0.409. The van der Waals surface area contributed by atoms with Gasteiger partial charge in [-0.3, -0.25) is 14.5 Å². The van der Waals surface area contributed by atoms with Gasteiger partial charge in [0.25, 0.3) is 5.91 Å². The van der Waals surface area contributed by atoms with Crippen LogP contribution >= 0.6 is 0 Å². The number of carbonyl (C=O) groups is 2. The summed E-state index contributed by atoms with van der Waals surface area (Å²) < 4.78 is 11.7. The SMILES string of the molecule is O=C(CN1CCN(C(=O)c2ccc(COc3ccc4ccccc4c3)o2)CC1)NCc1ccccc1. The Balaban J connectivity index is 1.07. The number of benzene rings is 3. The number of ether oxygens (including phenoxy) is 1. The van der Waals surface area contributed by atoms with Crippen molar-refractivity contribution in [2.75, 3.05) is 32.7 Å². The smallest absolute Gasteiger partial charge is 0.289 e. The number of nitrogens with zero attached hydrogens (tertiary/aromatic N) is 2. The summed E-state index contributed by atoms with van der Waals surface area (Å²) in [5.41, 5.74) is 1.07. The van der Waals surface area contributed by atoms with E-state index < -0.39 is 0 Å². The third-order valence-electron chi connectivity index (χ3n) is 6.33. The van der Waals surface area contributed by atoms with Crippen molar-refractivity contribution in [3.05, 3.63) is 102 Å². The summed E-state index contributed by atoms with van der Waals surface area (Å²) in [6.07, 6.45) is 0. The summed E-state index contributed by atoms with van der Waals surface area (Å²) >= 11 is 0. The van der Waals surface area contributed by atoms with Crippen molar-refractivity contribution in [2.45, 2.75) is 13.2 Å². The van der Waals surface area contributed by atoms with Gasteiger partial charge in [-0.25, -0.2) is 0 Å². The molecule has 184 valence electrons. The first-order chi connectivity index (χ1) is 17.6. The number of nitrogens with one attached hydrogen (secondary N) is 1. The van der Waals surface area contributed by atoms with Gasteiger partial charge >= 0.3 is 0 Å². The fourth-order valence-electron chi connectivity index (χ4n) is 4.30. The fourth-order valence-corrected chi connectivity index (χ4v) is 4.30. The summed E-state index contributed by atoms with van der Waals surface area (Å²) in [6.45, 7) is 3.47. The van der Waals surface area contributed by atoms with E-state index in [0.717, 1.165) is 22.1 Å². The van der Waals surface area contributed by atoms with Gasteiger partial charge in [0.05, 0.1) is 6.54 Å². The van der Waals surface area contributed by atoms with Crippen LogP contribution in [0.1, 0.15) is 21.9 Å². The molecule has 1 fully saturated rings. The number of carbonyl (C=O) groups excluding carboxylic acids is 2. The lowest BCUT2D eigenvalue weighted by Gasteiger charge is -2.33. The molecule has 0 aliphatic carbocycles. The van der Waals surface area contributed by atoms with Gasteiger partial charge in [0, 0.05) is 32.7 Å². The van der Waals surface area contributed by atoms with Crippen LogP contribution in [0.5, 0.6) is 5.75 Å². The van der Waals surface area contributed by atoms with Crippen molar-refractivity contribution < 1.29 is 18.7 Å². The van der Waals surface area contributed by atoms with E-state index in [1.54, 1.807) is 17.0 Å². The first kappa shape index (κ1) is 23.6. The predicted octanol–water partition coefficient (Wildman–Crippen LogP) is 4.09. The Morgan fingerprint density at radius 3 is 2.39 bits per heavy atom. The van der Waals surface area contributed by atoms with Crippen LogP contribution in [0.3, 0.4) is 0 Å². The lowest BCUT2D eigenvalue weighted by atomic mass is 10.1. The molecular weight excluding hydrogens is 454 g/mol. The second kappa shape index (κ2) is 11.1. The Hall–Kier alpha value is -4.10. The number of piperazine rings is 1. The number of hydrogen-bond donors (Lipinski definition) is 1. The number of rotatable bonds is 8. The Morgan fingerprint density at radius 1 is 0.833 bits per heavy atom. The number of amides is 2. The highest BCUT2D eigenvalue weighted by molar-refractivity contribution is 5.91. The summed E-state index contributed by atoms with van der Waals surface area (Å²) in [6, 6.07) is 27.4. The van der Waals surface area contributed by atoms with Crippen LogP contribution < -0.4 is 10.1 Å². The maximum atomic E-state index is 12.9. The molecule has 0 spiro atoms. The van der Waals surface area contributed by atoms with Crippen molar-refractivity contribution >= 4 is 22.6 Å². The first-order valence-electron chi connectivity index (χ1n) is 12.2. The van der Waals surface area contributed by atoms with Crippen LogP contribution in [-0.4, -0.2) is 54.3 Å². The monoisotopic (exact) mass is 483 g/mol. The minimum absolute atomic E-state index is 0.0132. The molecule has 2 heterocycles. The molecule has 1 saturated heterocycles. The van der Waals surface area contributed by atoms with E-state index in [-0.39, 0.29) is 18.4 Å². The maximum absolute atomic E-state index is 12.9. The molecule has 3 aromatic carbocycles.